The summed E-state index contributed by atoms with van der Waals surface area (Å²) in [5.41, 5.74) is 2.63. The first kappa shape index (κ1) is 10.3. The second-order valence-corrected chi connectivity index (χ2v) is 4.68. The molecule has 0 radical (unpaired) electrons. The zero-order valence-corrected chi connectivity index (χ0v) is 8.91. The van der Waals surface area contributed by atoms with Gasteiger partial charge in [0, 0.05) is 13.1 Å². The molecular formula is C7H9N3OS2. The fourth-order valence-electron chi connectivity index (χ4n) is 0.867. The Kier molecular flexibility index (Phi) is 3.51. The molecule has 0 aliphatic carbocycles. The molecule has 1 heterocycles. The Morgan fingerprint density at radius 3 is 3.08 bits per heavy atom. The summed E-state index contributed by atoms with van der Waals surface area (Å²) in [6.07, 6.45) is 3.58. The van der Waals surface area contributed by atoms with Crippen LogP contribution >= 0.6 is 23.5 Å². The number of amides is 1. The number of nitrogens with zero attached hydrogens (tertiary/aromatic N) is 2. The van der Waals surface area contributed by atoms with Crippen LogP contribution in [0.1, 0.15) is 6.92 Å². The van der Waals surface area contributed by atoms with Crippen molar-refractivity contribution in [2.75, 3.05) is 6.26 Å². The highest BCUT2D eigenvalue weighted by Crippen LogP contribution is 2.36. The molecule has 13 heavy (non-hydrogen) atoms. The maximum atomic E-state index is 10.8. The highest BCUT2D eigenvalue weighted by Gasteiger charge is 2.25. The maximum absolute atomic E-state index is 10.8. The Labute approximate surface area is 85.3 Å². The molecule has 1 atom stereocenters. The van der Waals surface area contributed by atoms with Crippen LogP contribution in [0.25, 0.3) is 0 Å². The first-order chi connectivity index (χ1) is 6.17. The van der Waals surface area contributed by atoms with Crippen LogP contribution < -0.4 is 5.43 Å². The monoisotopic (exact) mass is 215 g/mol. The number of nitriles is 1. The predicted molar refractivity (Wildman–Crippen MR) is 54.2 cm³/mol. The van der Waals surface area contributed by atoms with E-state index in [1.807, 2.05) is 12.3 Å². The van der Waals surface area contributed by atoms with Crippen molar-refractivity contribution >= 4 is 29.4 Å². The van der Waals surface area contributed by atoms with Gasteiger partial charge in [0.05, 0.1) is 0 Å². The van der Waals surface area contributed by atoms with Crippen LogP contribution in [0.4, 0.5) is 0 Å². The molecular weight excluding hydrogens is 206 g/mol. The minimum atomic E-state index is -0.130. The van der Waals surface area contributed by atoms with Crippen LogP contribution in [0.5, 0.6) is 0 Å². The van der Waals surface area contributed by atoms with Crippen molar-refractivity contribution in [2.24, 2.45) is 0 Å². The highest BCUT2D eigenvalue weighted by atomic mass is 32.2. The normalized spacial score (nSPS) is 20.8. The van der Waals surface area contributed by atoms with Gasteiger partial charge in [0.2, 0.25) is 5.91 Å². The number of carbonyl (C=O) groups excluding carboxylic acids is 1. The zero-order chi connectivity index (χ0) is 9.84. The second kappa shape index (κ2) is 4.44. The molecule has 1 rings (SSSR count). The van der Waals surface area contributed by atoms with Gasteiger partial charge in [0.1, 0.15) is 15.7 Å². The molecule has 1 amide bonds. The molecule has 0 bridgehead atoms. The third-order valence-corrected chi connectivity index (χ3v) is 3.69. The van der Waals surface area contributed by atoms with Crippen LogP contribution in [0.3, 0.4) is 0 Å². The molecule has 70 valence electrons. The summed E-state index contributed by atoms with van der Waals surface area (Å²) in [7, 11) is 0. The summed E-state index contributed by atoms with van der Waals surface area (Å²) >= 11 is 3.01. The number of hydrogen-bond acceptors (Lipinski definition) is 5. The fraction of sp³-hybridized carbons (Fsp3) is 0.429. The lowest BCUT2D eigenvalue weighted by Gasteiger charge is -2.22. The average molecular weight is 215 g/mol. The third-order valence-electron chi connectivity index (χ3n) is 1.31. The van der Waals surface area contributed by atoms with Crippen LogP contribution in [-0.2, 0) is 4.79 Å². The van der Waals surface area contributed by atoms with Crippen molar-refractivity contribution in [3.63, 3.8) is 0 Å². The summed E-state index contributed by atoms with van der Waals surface area (Å²) in [6, 6.07) is 2.05. The smallest absolute Gasteiger partial charge is 0.235 e. The van der Waals surface area contributed by atoms with Gasteiger partial charge in [-0.25, -0.2) is 0 Å². The van der Waals surface area contributed by atoms with E-state index in [4.69, 9.17) is 5.26 Å². The van der Waals surface area contributed by atoms with Gasteiger partial charge >= 0.3 is 0 Å². The topological polar surface area (TPSA) is 56.1 Å². The van der Waals surface area contributed by atoms with Crippen molar-refractivity contribution in [3.05, 3.63) is 11.1 Å². The summed E-state index contributed by atoms with van der Waals surface area (Å²) in [6.45, 7) is 1.44. The number of carbonyl (C=O) groups is 1. The average Bonchev–Trinajstić information content (AvgIpc) is 2.46. The van der Waals surface area contributed by atoms with E-state index in [0.717, 1.165) is 0 Å². The number of hydrogen-bond donors (Lipinski definition) is 1. The molecule has 4 nitrogen and oxygen atoms in total. The quantitative estimate of drug-likeness (QED) is 0.747. The van der Waals surface area contributed by atoms with Gasteiger partial charge in [-0.05, 0) is 6.26 Å². The minimum Gasteiger partial charge on any atom is -0.274 e. The van der Waals surface area contributed by atoms with Gasteiger partial charge in [-0.2, -0.15) is 5.26 Å². The first-order valence-electron chi connectivity index (χ1n) is 3.54. The first-order valence-corrected chi connectivity index (χ1v) is 5.71. The number of thioether (sulfide) groups is 2. The van der Waals surface area contributed by atoms with Gasteiger partial charge < -0.3 is 0 Å². The summed E-state index contributed by atoms with van der Waals surface area (Å²) < 4.78 is 0.0681. The Bertz CT molecular complexity index is 284. The van der Waals surface area contributed by atoms with Crippen molar-refractivity contribution in [3.8, 4) is 6.07 Å². The highest BCUT2D eigenvalue weighted by molar-refractivity contribution is 8.18. The Balaban J connectivity index is 2.65. The number of nitrogens with one attached hydrogen (secondary N) is 1. The number of rotatable bonds is 2. The van der Waals surface area contributed by atoms with E-state index in [1.54, 1.807) is 23.0 Å². The summed E-state index contributed by atoms with van der Waals surface area (Å²) in [4.78, 5) is 11.4. The van der Waals surface area contributed by atoms with Crippen LogP contribution in [0.2, 0.25) is 0 Å². The maximum Gasteiger partial charge on any atom is 0.235 e. The van der Waals surface area contributed by atoms with E-state index in [-0.39, 0.29) is 10.6 Å². The van der Waals surface area contributed by atoms with Crippen molar-refractivity contribution in [2.45, 2.75) is 11.6 Å². The molecule has 1 unspecified atom stereocenters. The molecule has 0 aromatic rings. The fourth-order valence-corrected chi connectivity index (χ4v) is 2.57. The Morgan fingerprint density at radius 1 is 1.92 bits per heavy atom. The van der Waals surface area contributed by atoms with Crippen molar-refractivity contribution in [1.82, 2.24) is 10.4 Å². The van der Waals surface area contributed by atoms with Crippen LogP contribution in [-0.4, -0.2) is 21.9 Å². The molecule has 0 spiro atoms. The van der Waals surface area contributed by atoms with Crippen molar-refractivity contribution < 1.29 is 4.79 Å². The second-order valence-electron chi connectivity index (χ2n) is 2.34. The van der Waals surface area contributed by atoms with Gasteiger partial charge in [-0.1, -0.05) is 11.8 Å². The standard InChI is InChI=1S/C7H9N3OS2/c1-5(11)9-10-4-6(3-8)13-7(10)12-2/h4,7H,1-2H3,(H,9,11). The Morgan fingerprint density at radius 2 is 2.62 bits per heavy atom. The predicted octanol–water partition coefficient (Wildman–Crippen LogP) is 1.10. The van der Waals surface area contributed by atoms with Crippen LogP contribution in [0, 0.1) is 11.3 Å². The summed E-state index contributed by atoms with van der Waals surface area (Å²) in [5.74, 6) is -0.130. The van der Waals surface area contributed by atoms with Crippen molar-refractivity contribution in [1.29, 1.82) is 5.26 Å². The SMILES string of the molecule is CSC1SC(C#N)=CN1NC(C)=O. The molecule has 0 aromatic heterocycles. The minimum absolute atomic E-state index is 0.0681. The largest absolute Gasteiger partial charge is 0.274 e. The van der Waals surface area contributed by atoms with E-state index in [2.05, 4.69) is 5.43 Å². The lowest BCUT2D eigenvalue weighted by Crippen LogP contribution is -2.39. The third kappa shape index (κ3) is 2.57. The van der Waals surface area contributed by atoms with E-state index < -0.39 is 0 Å². The molecule has 6 heteroatoms. The van der Waals surface area contributed by atoms with E-state index in [1.165, 1.54) is 18.7 Å². The molecule has 0 saturated heterocycles. The lowest BCUT2D eigenvalue weighted by molar-refractivity contribution is -0.122. The number of hydrazine groups is 1. The molecule has 1 aliphatic heterocycles. The summed E-state index contributed by atoms with van der Waals surface area (Å²) in [5, 5.41) is 10.3. The van der Waals surface area contributed by atoms with E-state index in [9.17, 15) is 4.79 Å². The molecule has 1 aliphatic rings. The molecule has 0 fully saturated rings. The zero-order valence-electron chi connectivity index (χ0n) is 7.27. The van der Waals surface area contributed by atoms with E-state index >= 15 is 0 Å². The Hall–Kier alpha value is -0.800. The van der Waals surface area contributed by atoms with Crippen LogP contribution in [0.15, 0.2) is 11.1 Å². The molecule has 0 saturated carbocycles. The van der Waals surface area contributed by atoms with E-state index in [0.29, 0.717) is 4.91 Å². The van der Waals surface area contributed by atoms with Gasteiger partial charge in [-0.15, -0.1) is 11.8 Å². The van der Waals surface area contributed by atoms with Gasteiger partial charge in [0.25, 0.3) is 0 Å². The van der Waals surface area contributed by atoms with Gasteiger partial charge in [0.15, 0.2) is 0 Å². The number of allylic oxidation sites excluding steroid dienone is 1. The molecule has 1 N–H and O–H groups in total. The van der Waals surface area contributed by atoms with Gasteiger partial charge in [-0.3, -0.25) is 15.2 Å². The molecule has 0 aromatic carbocycles. The lowest BCUT2D eigenvalue weighted by atomic mass is 10.6.